The average molecular weight is 254 g/mol. The fourth-order valence-electron chi connectivity index (χ4n) is 1.63. The molecule has 0 aliphatic heterocycles. The van der Waals surface area contributed by atoms with Crippen LogP contribution < -0.4 is 10.5 Å². The van der Waals surface area contributed by atoms with E-state index in [1.165, 1.54) is 12.8 Å². The van der Waals surface area contributed by atoms with Gasteiger partial charge < -0.3 is 10.5 Å². The van der Waals surface area contributed by atoms with Gasteiger partial charge in [0.15, 0.2) is 5.78 Å². The normalized spacial score (nSPS) is 14.7. The van der Waals surface area contributed by atoms with Crippen LogP contribution in [0.15, 0.2) is 18.2 Å². The van der Waals surface area contributed by atoms with Crippen molar-refractivity contribution in [3.8, 4) is 5.75 Å². The number of para-hydroxylation sites is 1. The predicted octanol–water partition coefficient (Wildman–Crippen LogP) is 2.66. The van der Waals surface area contributed by atoms with E-state index in [1.807, 2.05) is 0 Å². The smallest absolute Gasteiger partial charge is 0.167 e. The van der Waals surface area contributed by atoms with E-state index in [-0.39, 0.29) is 5.78 Å². The minimum Gasteiger partial charge on any atom is -0.491 e. The Kier molecular flexibility index (Phi) is 4.02. The summed E-state index contributed by atoms with van der Waals surface area (Å²) in [6, 6.07) is 5.24. The van der Waals surface area contributed by atoms with E-state index in [0.717, 1.165) is 0 Å². The Morgan fingerprint density at radius 1 is 1.47 bits per heavy atom. The molecule has 1 fully saturated rings. The van der Waals surface area contributed by atoms with Crippen LogP contribution in [-0.4, -0.2) is 18.9 Å². The highest BCUT2D eigenvalue weighted by molar-refractivity contribution is 6.32. The Labute approximate surface area is 106 Å². The van der Waals surface area contributed by atoms with E-state index in [2.05, 4.69) is 0 Å². The van der Waals surface area contributed by atoms with Gasteiger partial charge in [0.05, 0.1) is 17.2 Å². The summed E-state index contributed by atoms with van der Waals surface area (Å²) in [6.45, 7) is 0.986. The number of halogens is 1. The Hall–Kier alpha value is -1.06. The van der Waals surface area contributed by atoms with Crippen molar-refractivity contribution >= 4 is 17.4 Å². The van der Waals surface area contributed by atoms with Crippen LogP contribution in [0.3, 0.4) is 0 Å². The van der Waals surface area contributed by atoms with E-state index >= 15 is 0 Å². The molecule has 0 spiro atoms. The van der Waals surface area contributed by atoms with Crippen molar-refractivity contribution in [1.29, 1.82) is 0 Å². The molecule has 0 aromatic heterocycles. The number of ketones is 1. The van der Waals surface area contributed by atoms with E-state index in [1.54, 1.807) is 18.2 Å². The van der Waals surface area contributed by atoms with Crippen LogP contribution in [0.25, 0.3) is 0 Å². The Morgan fingerprint density at radius 3 is 2.88 bits per heavy atom. The molecular weight excluding hydrogens is 238 g/mol. The highest BCUT2D eigenvalue weighted by Crippen LogP contribution is 2.34. The van der Waals surface area contributed by atoms with Crippen LogP contribution in [0, 0.1) is 5.92 Å². The summed E-state index contributed by atoms with van der Waals surface area (Å²) in [6.07, 6.45) is 2.73. The molecule has 0 bridgehead atoms. The largest absolute Gasteiger partial charge is 0.491 e. The molecule has 17 heavy (non-hydrogen) atoms. The lowest BCUT2D eigenvalue weighted by Gasteiger charge is -2.11. The third kappa shape index (κ3) is 3.20. The second-order valence-corrected chi connectivity index (χ2v) is 4.74. The van der Waals surface area contributed by atoms with Gasteiger partial charge >= 0.3 is 0 Å². The third-order valence-electron chi connectivity index (χ3n) is 2.80. The molecule has 0 heterocycles. The summed E-state index contributed by atoms with van der Waals surface area (Å²) in [5.41, 5.74) is 5.94. The van der Waals surface area contributed by atoms with Gasteiger partial charge in [-0.15, -0.1) is 0 Å². The summed E-state index contributed by atoms with van der Waals surface area (Å²) in [5.74, 6) is 1.13. The predicted molar refractivity (Wildman–Crippen MR) is 67.7 cm³/mol. The molecule has 0 unspecified atom stereocenters. The second-order valence-electron chi connectivity index (χ2n) is 4.33. The fourth-order valence-corrected chi connectivity index (χ4v) is 1.86. The molecule has 92 valence electrons. The van der Waals surface area contributed by atoms with Gasteiger partial charge in [0.2, 0.25) is 0 Å². The number of rotatable bonds is 6. The highest BCUT2D eigenvalue weighted by atomic mass is 35.5. The van der Waals surface area contributed by atoms with Crippen molar-refractivity contribution in [1.82, 2.24) is 0 Å². The summed E-state index contributed by atoms with van der Waals surface area (Å²) in [7, 11) is 0. The van der Waals surface area contributed by atoms with Crippen LogP contribution in [0.5, 0.6) is 5.75 Å². The number of Topliss-reactive ketones (excluding diaryl/α,β-unsaturated/α-hetero) is 1. The zero-order valence-corrected chi connectivity index (χ0v) is 10.4. The van der Waals surface area contributed by atoms with Crippen molar-refractivity contribution in [2.24, 2.45) is 11.7 Å². The molecule has 2 rings (SSSR count). The van der Waals surface area contributed by atoms with Crippen molar-refractivity contribution in [2.45, 2.75) is 19.3 Å². The molecule has 0 saturated heterocycles. The van der Waals surface area contributed by atoms with E-state index in [0.29, 0.717) is 41.8 Å². The highest BCUT2D eigenvalue weighted by Gasteiger charge is 2.23. The zero-order valence-electron chi connectivity index (χ0n) is 9.62. The van der Waals surface area contributed by atoms with Crippen LogP contribution in [0.1, 0.15) is 29.6 Å². The number of hydrogen-bond donors (Lipinski definition) is 1. The molecule has 1 aliphatic carbocycles. The number of carbonyl (C=O) groups is 1. The molecule has 3 nitrogen and oxygen atoms in total. The monoisotopic (exact) mass is 253 g/mol. The summed E-state index contributed by atoms with van der Waals surface area (Å²) >= 11 is 6.07. The molecule has 1 aromatic rings. The lowest BCUT2D eigenvalue weighted by Crippen LogP contribution is -2.11. The molecule has 0 atom stereocenters. The van der Waals surface area contributed by atoms with Crippen LogP contribution >= 0.6 is 11.6 Å². The number of hydrogen-bond acceptors (Lipinski definition) is 3. The van der Waals surface area contributed by atoms with Gasteiger partial charge in [-0.1, -0.05) is 17.7 Å². The van der Waals surface area contributed by atoms with Gasteiger partial charge in [0, 0.05) is 6.42 Å². The van der Waals surface area contributed by atoms with Crippen molar-refractivity contribution in [2.75, 3.05) is 13.2 Å². The van der Waals surface area contributed by atoms with Gasteiger partial charge in [0.25, 0.3) is 0 Å². The van der Waals surface area contributed by atoms with Crippen molar-refractivity contribution < 1.29 is 9.53 Å². The quantitative estimate of drug-likeness (QED) is 0.793. The minimum atomic E-state index is -0.0132. The van der Waals surface area contributed by atoms with Crippen LogP contribution in [0.4, 0.5) is 0 Å². The fraction of sp³-hybridized carbons (Fsp3) is 0.462. The SMILES string of the molecule is NCCC(=O)c1cccc(Cl)c1OCC1CC1. The maximum Gasteiger partial charge on any atom is 0.167 e. The molecule has 0 radical (unpaired) electrons. The number of nitrogens with two attached hydrogens (primary N) is 1. The topological polar surface area (TPSA) is 52.3 Å². The Balaban J connectivity index is 2.16. The number of ether oxygens (including phenoxy) is 1. The van der Waals surface area contributed by atoms with Gasteiger partial charge in [-0.3, -0.25) is 4.79 Å². The molecule has 2 N–H and O–H groups in total. The van der Waals surface area contributed by atoms with E-state index < -0.39 is 0 Å². The van der Waals surface area contributed by atoms with Gasteiger partial charge in [0.1, 0.15) is 5.75 Å². The lowest BCUT2D eigenvalue weighted by atomic mass is 10.1. The van der Waals surface area contributed by atoms with Crippen molar-refractivity contribution in [3.05, 3.63) is 28.8 Å². The first-order chi connectivity index (χ1) is 8.22. The molecule has 1 aromatic carbocycles. The molecule has 1 saturated carbocycles. The molecule has 1 aliphatic rings. The zero-order chi connectivity index (χ0) is 12.3. The summed E-state index contributed by atoms with van der Waals surface area (Å²) in [5, 5.41) is 0.494. The third-order valence-corrected chi connectivity index (χ3v) is 3.10. The van der Waals surface area contributed by atoms with E-state index in [4.69, 9.17) is 22.1 Å². The molecule has 0 amide bonds. The van der Waals surface area contributed by atoms with Crippen LogP contribution in [0.2, 0.25) is 5.02 Å². The first-order valence-electron chi connectivity index (χ1n) is 5.87. The Morgan fingerprint density at radius 2 is 2.24 bits per heavy atom. The second kappa shape index (κ2) is 5.52. The first kappa shape index (κ1) is 12.4. The standard InChI is InChI=1S/C13H16ClNO2/c14-11-3-1-2-10(12(16)6-7-15)13(11)17-8-9-4-5-9/h1-3,9H,4-8,15H2. The summed E-state index contributed by atoms with van der Waals surface area (Å²) < 4.78 is 5.67. The van der Waals surface area contributed by atoms with E-state index in [9.17, 15) is 4.79 Å². The maximum absolute atomic E-state index is 11.9. The lowest BCUT2D eigenvalue weighted by molar-refractivity contribution is 0.0981. The number of benzene rings is 1. The first-order valence-corrected chi connectivity index (χ1v) is 6.24. The molecular formula is C13H16ClNO2. The average Bonchev–Trinajstić information content (AvgIpc) is 3.11. The molecule has 4 heteroatoms. The van der Waals surface area contributed by atoms with Gasteiger partial charge in [-0.05, 0) is 37.4 Å². The Bertz CT molecular complexity index is 416. The summed E-state index contributed by atoms with van der Waals surface area (Å²) in [4.78, 5) is 11.9. The van der Waals surface area contributed by atoms with Crippen LogP contribution in [-0.2, 0) is 0 Å². The van der Waals surface area contributed by atoms with Gasteiger partial charge in [-0.2, -0.15) is 0 Å². The maximum atomic E-state index is 11.9. The number of carbonyl (C=O) groups excluding carboxylic acids is 1. The van der Waals surface area contributed by atoms with Gasteiger partial charge in [-0.25, -0.2) is 0 Å². The van der Waals surface area contributed by atoms with Crippen molar-refractivity contribution in [3.63, 3.8) is 0 Å². The minimum absolute atomic E-state index is 0.0132.